The highest BCUT2D eigenvalue weighted by atomic mass is 35.5. The van der Waals surface area contributed by atoms with Gasteiger partial charge in [-0.25, -0.2) is 8.42 Å². The Labute approximate surface area is 277 Å². The molecule has 0 aliphatic rings. The Balaban J connectivity index is 1.83. The molecule has 1 atom stereocenters. The van der Waals surface area contributed by atoms with E-state index in [1.54, 1.807) is 61.5 Å². The predicted octanol–water partition coefficient (Wildman–Crippen LogP) is 6.41. The van der Waals surface area contributed by atoms with Gasteiger partial charge in [0, 0.05) is 24.5 Å². The molecule has 8 nitrogen and oxygen atoms in total. The van der Waals surface area contributed by atoms with Crippen molar-refractivity contribution in [1.29, 1.82) is 0 Å². The van der Waals surface area contributed by atoms with Crippen molar-refractivity contribution in [3.8, 4) is 5.75 Å². The van der Waals surface area contributed by atoms with E-state index in [1.165, 1.54) is 17.0 Å². The van der Waals surface area contributed by atoms with E-state index in [2.05, 4.69) is 5.32 Å². The molecule has 0 aromatic heterocycles. The summed E-state index contributed by atoms with van der Waals surface area (Å²) >= 11 is 6.31. The van der Waals surface area contributed by atoms with Crippen LogP contribution in [0.3, 0.4) is 0 Å². The molecule has 242 valence electrons. The zero-order valence-electron chi connectivity index (χ0n) is 26.4. The average Bonchev–Trinajstić information content (AvgIpc) is 3.05. The van der Waals surface area contributed by atoms with Crippen LogP contribution in [-0.2, 0) is 32.6 Å². The monoisotopic (exact) mass is 661 g/mol. The Bertz CT molecular complexity index is 1720. The summed E-state index contributed by atoms with van der Waals surface area (Å²) in [5, 5.41) is 3.43. The minimum absolute atomic E-state index is 0.0279. The Morgan fingerprint density at radius 3 is 2.22 bits per heavy atom. The van der Waals surface area contributed by atoms with Gasteiger partial charge in [0.1, 0.15) is 18.3 Å². The van der Waals surface area contributed by atoms with E-state index < -0.39 is 28.5 Å². The minimum Gasteiger partial charge on any atom is -0.492 e. The predicted molar refractivity (Wildman–Crippen MR) is 183 cm³/mol. The molecule has 0 unspecified atom stereocenters. The molecule has 46 heavy (non-hydrogen) atoms. The number of benzene rings is 4. The molecule has 0 radical (unpaired) electrons. The van der Waals surface area contributed by atoms with Crippen molar-refractivity contribution in [2.75, 3.05) is 24.0 Å². The first-order valence-electron chi connectivity index (χ1n) is 15.3. The van der Waals surface area contributed by atoms with Crippen LogP contribution < -0.4 is 14.4 Å². The topological polar surface area (TPSA) is 96.0 Å². The van der Waals surface area contributed by atoms with Crippen LogP contribution in [-0.4, -0.2) is 50.9 Å². The number of rotatable bonds is 15. The van der Waals surface area contributed by atoms with E-state index in [0.29, 0.717) is 35.9 Å². The summed E-state index contributed by atoms with van der Waals surface area (Å²) < 4.78 is 35.5. The standard InChI is InChI=1S/C36H40ClN3O5S/c1-4-22-38-36(42)33(24-28-12-7-6-8-13-28)39(25-29-14-11-15-30(37)23-29)35(41)26-40(32-16-9-10-17-34(32)45-5-2)46(43,44)31-20-18-27(3)19-21-31/h6-21,23,33H,4-5,22,24-26H2,1-3H3,(H,38,42)/t33-/m0/s1. The summed E-state index contributed by atoms with van der Waals surface area (Å²) in [6.45, 7) is 5.79. The fourth-order valence-electron chi connectivity index (χ4n) is 5.04. The summed E-state index contributed by atoms with van der Waals surface area (Å²) in [6.07, 6.45) is 0.936. The van der Waals surface area contributed by atoms with Crippen molar-refractivity contribution in [2.24, 2.45) is 0 Å². The number of amides is 2. The number of hydrogen-bond acceptors (Lipinski definition) is 5. The third-order valence-corrected chi connectivity index (χ3v) is 9.39. The maximum absolute atomic E-state index is 14.6. The van der Waals surface area contributed by atoms with Gasteiger partial charge in [-0.3, -0.25) is 13.9 Å². The highest BCUT2D eigenvalue weighted by Gasteiger charge is 2.35. The van der Waals surface area contributed by atoms with Crippen LogP contribution in [0.5, 0.6) is 5.75 Å². The van der Waals surface area contributed by atoms with E-state index in [1.807, 2.05) is 50.2 Å². The lowest BCUT2D eigenvalue weighted by Gasteiger charge is -2.34. The van der Waals surface area contributed by atoms with Gasteiger partial charge in [0.25, 0.3) is 10.0 Å². The molecule has 0 aliphatic carbocycles. The van der Waals surface area contributed by atoms with Crippen molar-refractivity contribution < 1.29 is 22.7 Å². The van der Waals surface area contributed by atoms with Crippen molar-refractivity contribution in [1.82, 2.24) is 10.2 Å². The van der Waals surface area contributed by atoms with Gasteiger partial charge in [-0.1, -0.05) is 90.8 Å². The molecule has 1 N–H and O–H groups in total. The molecule has 4 rings (SSSR count). The molecule has 0 spiro atoms. The van der Waals surface area contributed by atoms with Gasteiger partial charge in [-0.2, -0.15) is 0 Å². The first-order chi connectivity index (χ1) is 22.1. The molecular weight excluding hydrogens is 622 g/mol. The second-order valence-corrected chi connectivity index (χ2v) is 13.2. The number of aryl methyl sites for hydroxylation is 1. The maximum Gasteiger partial charge on any atom is 0.264 e. The van der Waals surface area contributed by atoms with Gasteiger partial charge in [0.15, 0.2) is 0 Å². The third kappa shape index (κ3) is 8.89. The van der Waals surface area contributed by atoms with Crippen LogP contribution in [0.15, 0.2) is 108 Å². The SMILES string of the molecule is CCCNC(=O)[C@H](Cc1ccccc1)N(Cc1cccc(Cl)c1)C(=O)CN(c1ccccc1OCC)S(=O)(=O)c1ccc(C)cc1. The molecular formula is C36H40ClN3O5S. The molecule has 0 saturated carbocycles. The number of para-hydroxylation sites is 2. The fraction of sp³-hybridized carbons (Fsp3) is 0.278. The van der Waals surface area contributed by atoms with E-state index in [9.17, 15) is 18.0 Å². The lowest BCUT2D eigenvalue weighted by atomic mass is 10.0. The molecule has 0 fully saturated rings. The number of sulfonamides is 1. The number of carbonyl (C=O) groups excluding carboxylic acids is 2. The zero-order valence-corrected chi connectivity index (χ0v) is 27.9. The average molecular weight is 662 g/mol. The van der Waals surface area contributed by atoms with E-state index in [4.69, 9.17) is 16.3 Å². The molecule has 4 aromatic rings. The third-order valence-electron chi connectivity index (χ3n) is 7.38. The summed E-state index contributed by atoms with van der Waals surface area (Å²) in [5.41, 5.74) is 2.67. The molecule has 4 aromatic carbocycles. The smallest absolute Gasteiger partial charge is 0.264 e. The molecule has 0 saturated heterocycles. The van der Waals surface area contributed by atoms with Gasteiger partial charge in [0.05, 0.1) is 17.2 Å². The normalized spacial score (nSPS) is 11.8. The Kier molecular flexibility index (Phi) is 12.2. The second kappa shape index (κ2) is 16.3. The number of ether oxygens (including phenoxy) is 1. The first kappa shape index (κ1) is 34.5. The molecule has 2 amide bonds. The highest BCUT2D eigenvalue weighted by Crippen LogP contribution is 2.33. The fourth-order valence-corrected chi connectivity index (χ4v) is 6.68. The summed E-state index contributed by atoms with van der Waals surface area (Å²) in [5.74, 6) is -0.574. The number of halogens is 1. The van der Waals surface area contributed by atoms with E-state index >= 15 is 0 Å². The maximum atomic E-state index is 14.6. The largest absolute Gasteiger partial charge is 0.492 e. The van der Waals surface area contributed by atoms with Crippen LogP contribution in [0.4, 0.5) is 5.69 Å². The van der Waals surface area contributed by atoms with Gasteiger partial charge in [-0.05, 0) is 67.8 Å². The number of hydrogen-bond donors (Lipinski definition) is 1. The highest BCUT2D eigenvalue weighted by molar-refractivity contribution is 7.92. The van der Waals surface area contributed by atoms with Gasteiger partial charge >= 0.3 is 0 Å². The lowest BCUT2D eigenvalue weighted by Crippen LogP contribution is -2.53. The quantitative estimate of drug-likeness (QED) is 0.159. The van der Waals surface area contributed by atoms with Crippen LogP contribution in [0.2, 0.25) is 5.02 Å². The van der Waals surface area contributed by atoms with Crippen LogP contribution in [0.25, 0.3) is 0 Å². The Morgan fingerprint density at radius 1 is 0.870 bits per heavy atom. The van der Waals surface area contributed by atoms with Crippen LogP contribution >= 0.6 is 11.6 Å². The zero-order chi connectivity index (χ0) is 33.1. The Hall–Kier alpha value is -4.34. The van der Waals surface area contributed by atoms with Gasteiger partial charge in [-0.15, -0.1) is 0 Å². The number of carbonyl (C=O) groups is 2. The number of nitrogens with one attached hydrogen (secondary N) is 1. The summed E-state index contributed by atoms with van der Waals surface area (Å²) in [4.78, 5) is 29.8. The summed E-state index contributed by atoms with van der Waals surface area (Å²) in [6, 6.07) is 28.7. The molecule has 0 bridgehead atoms. The van der Waals surface area contributed by atoms with Gasteiger partial charge in [0.2, 0.25) is 11.8 Å². The van der Waals surface area contributed by atoms with Crippen LogP contribution in [0.1, 0.15) is 37.0 Å². The number of anilines is 1. The summed E-state index contributed by atoms with van der Waals surface area (Å²) in [7, 11) is -4.25. The Morgan fingerprint density at radius 2 is 1.54 bits per heavy atom. The van der Waals surface area contributed by atoms with Crippen molar-refractivity contribution in [3.05, 3.63) is 125 Å². The first-order valence-corrected chi connectivity index (χ1v) is 17.1. The van der Waals surface area contributed by atoms with Crippen molar-refractivity contribution in [2.45, 2.75) is 51.1 Å². The van der Waals surface area contributed by atoms with Crippen LogP contribution in [0, 0.1) is 6.92 Å². The minimum atomic E-state index is -4.25. The lowest BCUT2D eigenvalue weighted by molar-refractivity contribution is -0.140. The van der Waals surface area contributed by atoms with Crippen molar-refractivity contribution in [3.63, 3.8) is 0 Å². The van der Waals surface area contributed by atoms with E-state index in [0.717, 1.165) is 15.4 Å². The van der Waals surface area contributed by atoms with Gasteiger partial charge < -0.3 is 15.0 Å². The molecule has 0 heterocycles. The van der Waals surface area contributed by atoms with E-state index in [-0.39, 0.29) is 29.5 Å². The molecule has 0 aliphatic heterocycles. The molecule has 10 heteroatoms. The number of nitrogens with zero attached hydrogens (tertiary/aromatic N) is 2. The second-order valence-electron chi connectivity index (χ2n) is 10.9. The van der Waals surface area contributed by atoms with Crippen molar-refractivity contribution >= 4 is 39.1 Å².